The van der Waals surface area contributed by atoms with Gasteiger partial charge in [-0.1, -0.05) is 0 Å². The summed E-state index contributed by atoms with van der Waals surface area (Å²) in [6, 6.07) is 0. The summed E-state index contributed by atoms with van der Waals surface area (Å²) in [6.45, 7) is 3.88. The number of allylic oxidation sites excluding steroid dienone is 1. The molecule has 0 spiro atoms. The van der Waals surface area contributed by atoms with Gasteiger partial charge in [-0.25, -0.2) is 0 Å². The minimum Gasteiger partial charge on any atom is -0.179 e. The second-order valence-electron chi connectivity index (χ2n) is 1.58. The summed E-state index contributed by atoms with van der Waals surface area (Å²) in [5, 5.41) is 3.64. The summed E-state index contributed by atoms with van der Waals surface area (Å²) in [5.74, 6) is 0. The quantitative estimate of drug-likeness (QED) is 0.435. The molecule has 1 aliphatic rings. The van der Waals surface area contributed by atoms with Crippen LogP contribution in [-0.2, 0) is 4.84 Å². The lowest BCUT2D eigenvalue weighted by molar-refractivity contribution is 0.220. The van der Waals surface area contributed by atoms with Crippen LogP contribution in [0, 0.1) is 0 Å². The molecule has 1 heterocycles. The lowest BCUT2D eigenvalue weighted by atomic mass is 10.2. The van der Waals surface area contributed by atoms with E-state index in [-0.39, 0.29) is 0 Å². The van der Waals surface area contributed by atoms with Gasteiger partial charge in [-0.05, 0) is 6.92 Å². The standard InChI is InChI=1S/C5H7NO/c1-4-3-7-6-5(4)2/h3H,1-2H3/q+1. The zero-order valence-corrected chi connectivity index (χ0v) is 4.43. The average molecular weight is 97.1 g/mol. The van der Waals surface area contributed by atoms with E-state index in [2.05, 4.69) is 9.99 Å². The van der Waals surface area contributed by atoms with Gasteiger partial charge in [0.1, 0.15) is 0 Å². The van der Waals surface area contributed by atoms with Crippen LogP contribution in [0.2, 0.25) is 0 Å². The number of oxime groups is 1. The van der Waals surface area contributed by atoms with Gasteiger partial charge in [-0.15, -0.1) is 0 Å². The van der Waals surface area contributed by atoms with Crippen LogP contribution in [0.3, 0.4) is 0 Å². The van der Waals surface area contributed by atoms with Crippen molar-refractivity contribution >= 4 is 5.71 Å². The topological polar surface area (TPSA) is 23.3 Å². The highest BCUT2D eigenvalue weighted by molar-refractivity contribution is 5.97. The molecule has 0 saturated carbocycles. The highest BCUT2D eigenvalue weighted by atomic mass is 16.6. The molecule has 1 rings (SSSR count). The molecule has 0 N–H and O–H groups in total. The van der Waals surface area contributed by atoms with Crippen LogP contribution < -0.4 is 5.16 Å². The van der Waals surface area contributed by atoms with Gasteiger partial charge in [0.05, 0.1) is 5.57 Å². The molecule has 0 aliphatic carbocycles. The molecule has 0 fully saturated rings. The first kappa shape index (κ1) is 4.37. The predicted octanol–water partition coefficient (Wildman–Crippen LogP) is 0.632. The number of nitrogens with zero attached hydrogens (tertiary/aromatic N) is 1. The SMILES string of the molecule is CC1=CO[N+]=C1C. The van der Waals surface area contributed by atoms with Crippen molar-refractivity contribution in [2.45, 2.75) is 13.8 Å². The lowest BCUT2D eigenvalue weighted by Crippen LogP contribution is -1.93. The fourth-order valence-corrected chi connectivity index (χ4v) is 0.342. The molecule has 0 amide bonds. The van der Waals surface area contributed by atoms with Crippen LogP contribution in [0.25, 0.3) is 0 Å². The van der Waals surface area contributed by atoms with Gasteiger partial charge in [0.2, 0.25) is 0 Å². The van der Waals surface area contributed by atoms with Crippen LogP contribution >= 0.6 is 0 Å². The molecule has 0 aromatic heterocycles. The fourth-order valence-electron chi connectivity index (χ4n) is 0.342. The van der Waals surface area contributed by atoms with Gasteiger partial charge in [-0.2, -0.15) is 4.84 Å². The number of hydrogen-bond acceptors (Lipinski definition) is 2. The van der Waals surface area contributed by atoms with Crippen molar-refractivity contribution in [1.29, 1.82) is 0 Å². The Morgan fingerprint density at radius 2 is 2.29 bits per heavy atom. The molecule has 37 valence electrons. The van der Waals surface area contributed by atoms with Gasteiger partial charge in [-0.3, -0.25) is 0 Å². The third-order valence-electron chi connectivity index (χ3n) is 0.990. The molecular formula is C5H7NO+. The van der Waals surface area contributed by atoms with Crippen LogP contribution in [0.15, 0.2) is 11.8 Å². The van der Waals surface area contributed by atoms with Gasteiger partial charge < -0.3 is 0 Å². The van der Waals surface area contributed by atoms with Crippen molar-refractivity contribution in [3.05, 3.63) is 11.8 Å². The summed E-state index contributed by atoms with van der Waals surface area (Å²) < 4.78 is 0. The smallest absolute Gasteiger partial charge is 0.179 e. The molecule has 0 unspecified atom stereocenters. The normalized spacial score (nSPS) is 18.0. The minimum absolute atomic E-state index is 0.972. The summed E-state index contributed by atoms with van der Waals surface area (Å²) >= 11 is 0. The van der Waals surface area contributed by atoms with Crippen molar-refractivity contribution in [3.63, 3.8) is 0 Å². The fraction of sp³-hybridized carbons (Fsp3) is 0.400. The van der Waals surface area contributed by atoms with E-state index in [0.29, 0.717) is 0 Å². The zero-order valence-electron chi connectivity index (χ0n) is 4.43. The minimum atomic E-state index is 0.972. The zero-order chi connectivity index (χ0) is 5.28. The summed E-state index contributed by atoms with van der Waals surface area (Å²) in [6.07, 6.45) is 1.63. The second-order valence-corrected chi connectivity index (χ2v) is 1.58. The van der Waals surface area contributed by atoms with Crippen molar-refractivity contribution in [1.82, 2.24) is 5.16 Å². The second kappa shape index (κ2) is 1.37. The van der Waals surface area contributed by atoms with Crippen LogP contribution in [-0.4, -0.2) is 5.71 Å². The van der Waals surface area contributed by atoms with Crippen LogP contribution in [0.4, 0.5) is 0 Å². The number of rotatable bonds is 0. The molecule has 1 aliphatic heterocycles. The molecule has 7 heavy (non-hydrogen) atoms. The monoisotopic (exact) mass is 97.1 g/mol. The Bertz CT molecular complexity index is 119. The molecule has 2 nitrogen and oxygen atoms in total. The van der Waals surface area contributed by atoms with Crippen molar-refractivity contribution in [2.24, 2.45) is 0 Å². The molecule has 0 saturated heterocycles. The molecule has 0 bridgehead atoms. The van der Waals surface area contributed by atoms with E-state index in [0.717, 1.165) is 11.3 Å². The van der Waals surface area contributed by atoms with Gasteiger partial charge in [0, 0.05) is 6.92 Å². The highest BCUT2D eigenvalue weighted by Gasteiger charge is 2.15. The maximum absolute atomic E-state index is 4.59. The summed E-state index contributed by atoms with van der Waals surface area (Å²) in [5.41, 5.74) is 2.08. The Kier molecular flexibility index (Phi) is 0.855. The lowest BCUT2D eigenvalue weighted by Gasteiger charge is -1.68. The summed E-state index contributed by atoms with van der Waals surface area (Å²) in [7, 11) is 0. The van der Waals surface area contributed by atoms with E-state index in [4.69, 9.17) is 0 Å². The molecule has 1 radical (unpaired) electrons. The van der Waals surface area contributed by atoms with Gasteiger partial charge in [0.15, 0.2) is 6.26 Å². The maximum atomic E-state index is 4.59. The van der Waals surface area contributed by atoms with Crippen LogP contribution in [0.5, 0.6) is 0 Å². The van der Waals surface area contributed by atoms with E-state index in [1.165, 1.54) is 0 Å². The molecular weight excluding hydrogens is 90.1 g/mol. The van der Waals surface area contributed by atoms with Crippen molar-refractivity contribution < 1.29 is 4.84 Å². The van der Waals surface area contributed by atoms with Crippen LogP contribution in [0.1, 0.15) is 13.8 Å². The summed E-state index contributed by atoms with van der Waals surface area (Å²) in [4.78, 5) is 4.59. The van der Waals surface area contributed by atoms with E-state index in [1.807, 2.05) is 13.8 Å². The Morgan fingerprint density at radius 1 is 1.57 bits per heavy atom. The van der Waals surface area contributed by atoms with E-state index >= 15 is 0 Å². The third-order valence-corrected chi connectivity index (χ3v) is 0.990. The molecule has 0 aromatic carbocycles. The first-order valence-electron chi connectivity index (χ1n) is 2.18. The van der Waals surface area contributed by atoms with E-state index in [9.17, 15) is 0 Å². The first-order chi connectivity index (χ1) is 3.30. The average Bonchev–Trinajstić information content (AvgIpc) is 1.91. The predicted molar refractivity (Wildman–Crippen MR) is 27.7 cm³/mol. The molecule has 2 heteroatoms. The Morgan fingerprint density at radius 3 is 2.43 bits per heavy atom. The Labute approximate surface area is 42.5 Å². The largest absolute Gasteiger partial charge is 0.317 e. The Balaban J connectivity index is 2.78. The molecule has 0 aromatic rings. The first-order valence-corrected chi connectivity index (χ1v) is 2.18. The van der Waals surface area contributed by atoms with Gasteiger partial charge >= 0.3 is 5.71 Å². The maximum Gasteiger partial charge on any atom is 0.317 e. The number of hydrogen-bond donors (Lipinski definition) is 0. The van der Waals surface area contributed by atoms with Crippen molar-refractivity contribution in [3.8, 4) is 0 Å². The van der Waals surface area contributed by atoms with Gasteiger partial charge in [0.25, 0.3) is 5.16 Å². The third kappa shape index (κ3) is 0.633. The van der Waals surface area contributed by atoms with Crippen molar-refractivity contribution in [2.75, 3.05) is 0 Å². The van der Waals surface area contributed by atoms with E-state index < -0.39 is 0 Å². The van der Waals surface area contributed by atoms with E-state index in [1.54, 1.807) is 6.26 Å². The molecule has 0 atom stereocenters. The Hall–Kier alpha value is -0.790. The highest BCUT2D eigenvalue weighted by Crippen LogP contribution is 1.98.